The van der Waals surface area contributed by atoms with Crippen molar-refractivity contribution in [2.75, 3.05) is 20.2 Å². The molecule has 1 aromatic heterocycles. The lowest BCUT2D eigenvalue weighted by atomic mass is 9.82. The number of methoxy groups -OCH3 is 1. The van der Waals surface area contributed by atoms with Crippen molar-refractivity contribution in [1.29, 1.82) is 0 Å². The predicted molar refractivity (Wildman–Crippen MR) is 133 cm³/mol. The molecule has 5 heteroatoms. The molecule has 1 fully saturated rings. The first kappa shape index (κ1) is 20.7. The van der Waals surface area contributed by atoms with Crippen LogP contribution in [-0.2, 0) is 6.54 Å². The maximum Gasteiger partial charge on any atom is 0.258 e. The fourth-order valence-corrected chi connectivity index (χ4v) is 5.60. The lowest BCUT2D eigenvalue weighted by Crippen LogP contribution is -2.49. The summed E-state index contributed by atoms with van der Waals surface area (Å²) in [4.78, 5) is 28.7. The Morgan fingerprint density at radius 2 is 1.68 bits per heavy atom. The van der Waals surface area contributed by atoms with Gasteiger partial charge in [0.05, 0.1) is 7.11 Å². The highest BCUT2D eigenvalue weighted by Crippen LogP contribution is 2.36. The van der Waals surface area contributed by atoms with Crippen LogP contribution in [0.3, 0.4) is 0 Å². The highest BCUT2D eigenvalue weighted by Gasteiger charge is 2.37. The van der Waals surface area contributed by atoms with E-state index in [4.69, 9.17) is 4.74 Å². The van der Waals surface area contributed by atoms with Crippen molar-refractivity contribution in [3.05, 3.63) is 100 Å². The summed E-state index contributed by atoms with van der Waals surface area (Å²) in [5.74, 6) is 1.23. The molecule has 2 bridgehead atoms. The SMILES string of the molecule is COc1ccc(C(=O)N2C[C@@H]3C[C@H](C2)c2ccc(-c4ccc5ccccc5c4)c(=O)n2C3)cc1. The second kappa shape index (κ2) is 8.17. The van der Waals surface area contributed by atoms with Gasteiger partial charge in [0.25, 0.3) is 11.5 Å². The molecular formula is C29H26N2O3. The molecule has 2 aliphatic rings. The van der Waals surface area contributed by atoms with E-state index in [0.29, 0.717) is 25.2 Å². The molecule has 0 unspecified atom stereocenters. The average molecular weight is 451 g/mol. The third-order valence-corrected chi connectivity index (χ3v) is 7.29. The maximum absolute atomic E-state index is 13.5. The van der Waals surface area contributed by atoms with Crippen molar-refractivity contribution in [3.63, 3.8) is 0 Å². The summed E-state index contributed by atoms with van der Waals surface area (Å²) < 4.78 is 7.17. The van der Waals surface area contributed by atoms with Gasteiger partial charge in [0.1, 0.15) is 5.75 Å². The number of carbonyl (C=O) groups excluding carboxylic acids is 1. The van der Waals surface area contributed by atoms with Crippen LogP contribution in [0.25, 0.3) is 21.9 Å². The Kier molecular flexibility index (Phi) is 4.98. The molecule has 5 nitrogen and oxygen atoms in total. The molecular weight excluding hydrogens is 424 g/mol. The van der Waals surface area contributed by atoms with Crippen molar-refractivity contribution in [3.8, 4) is 16.9 Å². The van der Waals surface area contributed by atoms with Crippen molar-refractivity contribution in [2.45, 2.75) is 18.9 Å². The Bertz CT molecular complexity index is 1450. The van der Waals surface area contributed by atoms with Gasteiger partial charge in [-0.3, -0.25) is 9.59 Å². The van der Waals surface area contributed by atoms with E-state index in [1.807, 2.05) is 58.0 Å². The number of carbonyl (C=O) groups is 1. The average Bonchev–Trinajstić information content (AvgIpc) is 2.88. The fourth-order valence-electron chi connectivity index (χ4n) is 5.60. The highest BCUT2D eigenvalue weighted by molar-refractivity contribution is 5.94. The Morgan fingerprint density at radius 3 is 2.47 bits per heavy atom. The van der Waals surface area contributed by atoms with Crippen molar-refractivity contribution < 1.29 is 9.53 Å². The summed E-state index contributed by atoms with van der Waals surface area (Å²) in [6.45, 7) is 1.96. The van der Waals surface area contributed by atoms with E-state index >= 15 is 0 Å². The van der Waals surface area contributed by atoms with Gasteiger partial charge in [-0.25, -0.2) is 0 Å². The Labute approximate surface area is 198 Å². The summed E-state index contributed by atoms with van der Waals surface area (Å²) in [5.41, 5.74) is 3.46. The first-order chi connectivity index (χ1) is 16.6. The number of likely N-dealkylation sites (tertiary alicyclic amines) is 1. The van der Waals surface area contributed by atoms with Crippen molar-refractivity contribution in [2.24, 2.45) is 5.92 Å². The van der Waals surface area contributed by atoms with Crippen LogP contribution in [0.5, 0.6) is 5.75 Å². The molecule has 0 radical (unpaired) electrons. The van der Waals surface area contributed by atoms with Crippen LogP contribution in [-0.4, -0.2) is 35.6 Å². The molecule has 2 aliphatic heterocycles. The predicted octanol–water partition coefficient (Wildman–Crippen LogP) is 4.94. The molecule has 170 valence electrons. The number of fused-ring (bicyclic) bond motifs is 5. The molecule has 3 aromatic carbocycles. The first-order valence-electron chi connectivity index (χ1n) is 11.8. The van der Waals surface area contributed by atoms with Gasteiger partial charge in [0.15, 0.2) is 0 Å². The van der Waals surface area contributed by atoms with E-state index in [1.54, 1.807) is 7.11 Å². The largest absolute Gasteiger partial charge is 0.497 e. The lowest BCUT2D eigenvalue weighted by molar-refractivity contribution is 0.0594. The van der Waals surface area contributed by atoms with Crippen molar-refractivity contribution in [1.82, 2.24) is 9.47 Å². The van der Waals surface area contributed by atoms with Gasteiger partial charge in [-0.1, -0.05) is 36.4 Å². The Balaban J connectivity index is 1.30. The number of nitrogens with zero attached hydrogens (tertiary/aromatic N) is 2. The van der Waals surface area contributed by atoms with E-state index in [9.17, 15) is 9.59 Å². The minimum atomic E-state index is 0.0425. The van der Waals surface area contributed by atoms with Crippen LogP contribution in [0.2, 0.25) is 0 Å². The highest BCUT2D eigenvalue weighted by atomic mass is 16.5. The van der Waals surface area contributed by atoms with E-state index in [2.05, 4.69) is 30.3 Å². The number of amides is 1. The standard InChI is InChI=1S/C29H26N2O3/c1-34-25-10-8-21(9-11-25)28(32)30-16-19-14-24(18-30)27-13-12-26(29(33)31(27)17-19)23-7-6-20-4-2-3-5-22(20)15-23/h2-13,15,19,24H,14,16-18H2,1H3/t19-,24+/m0/s1. The Morgan fingerprint density at radius 1 is 0.882 bits per heavy atom. The Hall–Kier alpha value is -3.86. The number of pyridine rings is 1. The number of rotatable bonds is 3. The van der Waals surface area contributed by atoms with E-state index in [1.165, 1.54) is 5.39 Å². The van der Waals surface area contributed by atoms with E-state index < -0.39 is 0 Å². The number of hydrogen-bond donors (Lipinski definition) is 0. The topological polar surface area (TPSA) is 51.5 Å². The summed E-state index contributed by atoms with van der Waals surface area (Å²) in [6, 6.07) is 25.7. The summed E-state index contributed by atoms with van der Waals surface area (Å²) in [5, 5.41) is 2.30. The minimum Gasteiger partial charge on any atom is -0.497 e. The zero-order chi connectivity index (χ0) is 23.2. The van der Waals surface area contributed by atoms with Crippen LogP contribution in [0.4, 0.5) is 0 Å². The normalized spacial score (nSPS) is 19.0. The molecule has 0 spiro atoms. The molecule has 1 saturated heterocycles. The van der Waals surface area contributed by atoms with E-state index in [-0.39, 0.29) is 23.3 Å². The number of hydrogen-bond acceptors (Lipinski definition) is 3. The summed E-state index contributed by atoms with van der Waals surface area (Å²) in [7, 11) is 1.62. The number of ether oxygens (including phenoxy) is 1. The lowest BCUT2D eigenvalue weighted by Gasteiger charge is -2.43. The molecule has 34 heavy (non-hydrogen) atoms. The zero-order valence-corrected chi connectivity index (χ0v) is 19.1. The minimum absolute atomic E-state index is 0.0425. The second-order valence-electron chi connectivity index (χ2n) is 9.39. The first-order valence-corrected chi connectivity index (χ1v) is 11.8. The maximum atomic E-state index is 13.5. The van der Waals surface area contributed by atoms with Gasteiger partial charge < -0.3 is 14.2 Å². The van der Waals surface area contributed by atoms with Gasteiger partial charge in [0.2, 0.25) is 0 Å². The monoisotopic (exact) mass is 450 g/mol. The molecule has 0 saturated carbocycles. The van der Waals surface area contributed by atoms with Crippen LogP contribution < -0.4 is 10.3 Å². The second-order valence-corrected chi connectivity index (χ2v) is 9.39. The van der Waals surface area contributed by atoms with Crippen LogP contribution in [0.15, 0.2) is 83.7 Å². The smallest absolute Gasteiger partial charge is 0.258 e. The third kappa shape index (κ3) is 3.48. The number of benzene rings is 3. The summed E-state index contributed by atoms with van der Waals surface area (Å²) >= 11 is 0. The summed E-state index contributed by atoms with van der Waals surface area (Å²) in [6.07, 6.45) is 1.02. The number of piperidine rings is 1. The van der Waals surface area contributed by atoms with Crippen LogP contribution in [0.1, 0.15) is 28.4 Å². The van der Waals surface area contributed by atoms with E-state index in [0.717, 1.165) is 34.4 Å². The van der Waals surface area contributed by atoms with Crippen LogP contribution >= 0.6 is 0 Å². The van der Waals surface area contributed by atoms with Gasteiger partial charge in [-0.05, 0) is 71.1 Å². The van der Waals surface area contributed by atoms with Gasteiger partial charge in [0, 0.05) is 42.4 Å². The van der Waals surface area contributed by atoms with Gasteiger partial charge >= 0.3 is 0 Å². The molecule has 3 heterocycles. The molecule has 2 atom stereocenters. The van der Waals surface area contributed by atoms with Gasteiger partial charge in [-0.15, -0.1) is 0 Å². The van der Waals surface area contributed by atoms with Crippen molar-refractivity contribution >= 4 is 16.7 Å². The quantitative estimate of drug-likeness (QED) is 0.444. The molecule has 6 rings (SSSR count). The molecule has 0 N–H and O–H groups in total. The zero-order valence-electron chi connectivity index (χ0n) is 19.1. The molecule has 1 amide bonds. The molecule has 4 aromatic rings. The molecule has 0 aliphatic carbocycles. The van der Waals surface area contributed by atoms with Gasteiger partial charge in [-0.2, -0.15) is 0 Å². The fraction of sp³-hybridized carbons (Fsp3) is 0.241. The third-order valence-electron chi connectivity index (χ3n) is 7.29. The number of aromatic nitrogens is 1. The van der Waals surface area contributed by atoms with Crippen LogP contribution in [0, 0.1) is 5.92 Å².